The van der Waals surface area contributed by atoms with Crippen molar-refractivity contribution in [2.24, 2.45) is 0 Å². The van der Waals surface area contributed by atoms with Crippen LogP contribution < -0.4 is 10.1 Å². The second kappa shape index (κ2) is 7.28. The molecule has 27 heavy (non-hydrogen) atoms. The molecule has 1 amide bonds. The van der Waals surface area contributed by atoms with Crippen molar-refractivity contribution in [3.8, 4) is 11.4 Å². The molecule has 0 atom stereocenters. The molecule has 0 saturated carbocycles. The molecule has 0 unspecified atom stereocenters. The van der Waals surface area contributed by atoms with Gasteiger partial charge in [-0.15, -0.1) is 0 Å². The Hall–Kier alpha value is -3.07. The second-order valence-electron chi connectivity index (χ2n) is 5.33. The molecule has 1 N–H and O–H groups in total. The van der Waals surface area contributed by atoms with Gasteiger partial charge in [0.2, 0.25) is 0 Å². The average molecular weight is 397 g/mol. The van der Waals surface area contributed by atoms with Gasteiger partial charge in [0, 0.05) is 17.3 Å². The Kier molecular flexibility index (Phi) is 5.04. The van der Waals surface area contributed by atoms with Gasteiger partial charge in [-0.1, -0.05) is 11.6 Å². The summed E-state index contributed by atoms with van der Waals surface area (Å²) in [6, 6.07) is 8.52. The molecule has 0 bridgehead atoms. The van der Waals surface area contributed by atoms with Gasteiger partial charge >= 0.3 is 6.18 Å². The van der Waals surface area contributed by atoms with E-state index in [4.69, 9.17) is 16.3 Å². The lowest BCUT2D eigenvalue weighted by molar-refractivity contribution is -0.143. The number of methoxy groups -OCH3 is 1. The number of anilines is 1. The van der Waals surface area contributed by atoms with Crippen molar-refractivity contribution in [1.82, 2.24) is 14.8 Å². The monoisotopic (exact) mass is 396 g/mol. The largest absolute Gasteiger partial charge is 0.497 e. The number of rotatable bonds is 4. The maximum Gasteiger partial charge on any atom is 0.434 e. The summed E-state index contributed by atoms with van der Waals surface area (Å²) in [5.74, 6) is -0.553. The van der Waals surface area contributed by atoms with Gasteiger partial charge in [0.25, 0.3) is 5.91 Å². The van der Waals surface area contributed by atoms with Crippen LogP contribution >= 0.6 is 11.6 Å². The van der Waals surface area contributed by atoms with E-state index in [2.05, 4.69) is 15.4 Å². The average Bonchev–Trinajstić information content (AvgIpc) is 3.08. The fourth-order valence-electron chi connectivity index (χ4n) is 2.36. The summed E-state index contributed by atoms with van der Waals surface area (Å²) >= 11 is 5.77. The number of ether oxygens (including phenoxy) is 1. The zero-order valence-electron chi connectivity index (χ0n) is 13.8. The van der Waals surface area contributed by atoms with Crippen molar-refractivity contribution in [2.75, 3.05) is 12.4 Å². The molecule has 0 radical (unpaired) electrons. The summed E-state index contributed by atoms with van der Waals surface area (Å²) in [5, 5.41) is 6.40. The van der Waals surface area contributed by atoms with Crippen LogP contribution in [0.2, 0.25) is 5.02 Å². The van der Waals surface area contributed by atoms with Crippen molar-refractivity contribution < 1.29 is 22.7 Å². The van der Waals surface area contributed by atoms with E-state index in [1.54, 1.807) is 0 Å². The van der Waals surface area contributed by atoms with Crippen LogP contribution in [-0.4, -0.2) is 27.8 Å². The highest BCUT2D eigenvalue weighted by Crippen LogP contribution is 2.34. The Morgan fingerprint density at radius 1 is 1.22 bits per heavy atom. The van der Waals surface area contributed by atoms with Crippen molar-refractivity contribution in [2.45, 2.75) is 6.18 Å². The second-order valence-corrected chi connectivity index (χ2v) is 5.76. The van der Waals surface area contributed by atoms with E-state index in [1.165, 1.54) is 49.7 Å². The molecule has 10 heteroatoms. The molecular weight excluding hydrogens is 385 g/mol. The summed E-state index contributed by atoms with van der Waals surface area (Å²) in [6.07, 6.45) is -2.60. The SMILES string of the molecule is COc1ccnc(NC(=O)c2cnn(-c3ccc(Cl)cc3)c2C(F)(F)F)c1. The molecule has 0 aliphatic carbocycles. The minimum Gasteiger partial charge on any atom is -0.497 e. The molecule has 2 heterocycles. The van der Waals surface area contributed by atoms with E-state index in [9.17, 15) is 18.0 Å². The minimum atomic E-state index is -4.81. The van der Waals surface area contributed by atoms with Crippen molar-refractivity contribution in [3.05, 3.63) is 65.1 Å². The number of carbonyl (C=O) groups excluding carboxylic acids is 1. The number of nitrogens with one attached hydrogen (secondary N) is 1. The normalized spacial score (nSPS) is 11.3. The lowest BCUT2D eigenvalue weighted by Gasteiger charge is -2.13. The van der Waals surface area contributed by atoms with Gasteiger partial charge in [0.05, 0.1) is 24.6 Å². The Labute approximate surface area is 156 Å². The Bertz CT molecular complexity index is 971. The highest BCUT2D eigenvalue weighted by molar-refractivity contribution is 6.30. The van der Waals surface area contributed by atoms with E-state index in [0.29, 0.717) is 15.5 Å². The highest BCUT2D eigenvalue weighted by atomic mass is 35.5. The maximum atomic E-state index is 13.6. The quantitative estimate of drug-likeness (QED) is 0.717. The molecule has 0 spiro atoms. The number of carbonyl (C=O) groups is 1. The zero-order chi connectivity index (χ0) is 19.6. The third kappa shape index (κ3) is 4.03. The third-order valence-corrected chi connectivity index (χ3v) is 3.81. The smallest absolute Gasteiger partial charge is 0.434 e. The van der Waals surface area contributed by atoms with Crippen LogP contribution in [0.5, 0.6) is 5.75 Å². The van der Waals surface area contributed by atoms with Crippen molar-refractivity contribution >= 4 is 23.3 Å². The predicted molar refractivity (Wildman–Crippen MR) is 92.3 cm³/mol. The highest BCUT2D eigenvalue weighted by Gasteiger charge is 2.40. The van der Waals surface area contributed by atoms with Crippen LogP contribution in [0.25, 0.3) is 5.69 Å². The molecule has 1 aromatic carbocycles. The molecule has 0 aliphatic heterocycles. The number of nitrogens with zero attached hydrogens (tertiary/aromatic N) is 3. The number of amides is 1. The standard InChI is InChI=1S/C17H12ClF3N4O2/c1-27-12-6-7-22-14(8-12)24-16(26)13-9-23-25(15(13)17(19,20)21)11-4-2-10(18)3-5-11/h2-9H,1H3,(H,22,24,26). The van der Waals surface area contributed by atoms with Gasteiger partial charge in [0.15, 0.2) is 5.69 Å². The molecule has 0 saturated heterocycles. The van der Waals surface area contributed by atoms with Crippen LogP contribution in [0.4, 0.5) is 19.0 Å². The van der Waals surface area contributed by atoms with E-state index in [0.717, 1.165) is 6.20 Å². The molecule has 6 nitrogen and oxygen atoms in total. The summed E-state index contributed by atoms with van der Waals surface area (Å²) in [5.41, 5.74) is -1.72. The molecule has 3 aromatic rings. The van der Waals surface area contributed by atoms with E-state index in [1.807, 2.05) is 0 Å². The number of aromatic nitrogens is 3. The van der Waals surface area contributed by atoms with Crippen LogP contribution in [-0.2, 0) is 6.18 Å². The van der Waals surface area contributed by atoms with Gasteiger partial charge in [-0.3, -0.25) is 4.79 Å². The third-order valence-electron chi connectivity index (χ3n) is 3.56. The number of hydrogen-bond donors (Lipinski definition) is 1. The Morgan fingerprint density at radius 2 is 1.93 bits per heavy atom. The molecule has 0 aliphatic rings. The van der Waals surface area contributed by atoms with Crippen LogP contribution in [0.1, 0.15) is 16.1 Å². The lowest BCUT2D eigenvalue weighted by atomic mass is 10.2. The summed E-state index contributed by atoms with van der Waals surface area (Å²) in [7, 11) is 1.42. The van der Waals surface area contributed by atoms with Gasteiger partial charge in [-0.2, -0.15) is 18.3 Å². The Morgan fingerprint density at radius 3 is 2.56 bits per heavy atom. The number of halogens is 4. The Balaban J connectivity index is 1.99. The van der Waals surface area contributed by atoms with E-state index < -0.39 is 23.3 Å². The summed E-state index contributed by atoms with van der Waals surface area (Å²) < 4.78 is 46.5. The molecule has 3 rings (SSSR count). The number of pyridine rings is 1. The van der Waals surface area contributed by atoms with E-state index in [-0.39, 0.29) is 11.5 Å². The van der Waals surface area contributed by atoms with Crippen LogP contribution in [0.15, 0.2) is 48.8 Å². The van der Waals surface area contributed by atoms with Gasteiger partial charge in [0.1, 0.15) is 11.6 Å². The van der Waals surface area contributed by atoms with Crippen molar-refractivity contribution in [3.63, 3.8) is 0 Å². The number of alkyl halides is 3. The fourth-order valence-corrected chi connectivity index (χ4v) is 2.48. The molecule has 2 aromatic heterocycles. The minimum absolute atomic E-state index is 0.0479. The number of hydrogen-bond acceptors (Lipinski definition) is 4. The zero-order valence-corrected chi connectivity index (χ0v) is 14.5. The summed E-state index contributed by atoms with van der Waals surface area (Å²) in [6.45, 7) is 0. The van der Waals surface area contributed by atoms with Crippen LogP contribution in [0.3, 0.4) is 0 Å². The van der Waals surface area contributed by atoms with Crippen molar-refractivity contribution in [1.29, 1.82) is 0 Å². The molecule has 0 fully saturated rings. The van der Waals surface area contributed by atoms with Gasteiger partial charge in [-0.05, 0) is 30.3 Å². The first-order chi connectivity index (χ1) is 12.8. The molecule has 140 valence electrons. The maximum absolute atomic E-state index is 13.6. The van der Waals surface area contributed by atoms with Crippen LogP contribution in [0, 0.1) is 0 Å². The first-order valence-corrected chi connectivity index (χ1v) is 7.90. The van der Waals surface area contributed by atoms with Gasteiger partial charge < -0.3 is 10.1 Å². The lowest BCUT2D eigenvalue weighted by Crippen LogP contribution is -2.21. The van der Waals surface area contributed by atoms with E-state index >= 15 is 0 Å². The first kappa shape index (κ1) is 18.7. The predicted octanol–water partition coefficient (Wildman–Crippen LogP) is 4.20. The first-order valence-electron chi connectivity index (χ1n) is 7.52. The topological polar surface area (TPSA) is 69.0 Å². The number of benzene rings is 1. The fraction of sp³-hybridized carbons (Fsp3) is 0.118. The molecular formula is C17H12ClF3N4O2. The summed E-state index contributed by atoms with van der Waals surface area (Å²) in [4.78, 5) is 16.3. The van der Waals surface area contributed by atoms with Gasteiger partial charge in [-0.25, -0.2) is 9.67 Å².